The minimum atomic E-state index is 0. The van der Waals surface area contributed by atoms with E-state index in [-0.39, 0.29) is 24.4 Å². The summed E-state index contributed by atoms with van der Waals surface area (Å²) in [5, 5.41) is 2.92. The van der Waals surface area contributed by atoms with E-state index in [1.807, 2.05) is 32.0 Å². The van der Waals surface area contributed by atoms with Gasteiger partial charge in [-0.1, -0.05) is 12.1 Å². The van der Waals surface area contributed by atoms with Gasteiger partial charge in [-0.15, -0.1) is 12.4 Å². The molecule has 0 aromatic heterocycles. The van der Waals surface area contributed by atoms with Gasteiger partial charge in [-0.25, -0.2) is 0 Å². The van der Waals surface area contributed by atoms with Gasteiger partial charge in [0.15, 0.2) is 0 Å². The fourth-order valence-electron chi connectivity index (χ4n) is 1.97. The lowest BCUT2D eigenvalue weighted by molar-refractivity contribution is -0.121. The third kappa shape index (κ3) is 9.43. The van der Waals surface area contributed by atoms with Gasteiger partial charge in [0.05, 0.1) is 6.61 Å². The summed E-state index contributed by atoms with van der Waals surface area (Å²) in [6.07, 6.45) is 1.98. The van der Waals surface area contributed by atoms with Crippen molar-refractivity contribution in [3.05, 3.63) is 29.3 Å². The maximum Gasteiger partial charge on any atom is 0.220 e. The normalized spacial score (nSPS) is 11.5. The molecule has 0 saturated heterocycles. The van der Waals surface area contributed by atoms with Crippen LogP contribution in [0.5, 0.6) is 5.75 Å². The quantitative estimate of drug-likeness (QED) is 0.640. The molecule has 3 N–H and O–H groups in total. The number of ether oxygens (including phenoxy) is 2. The van der Waals surface area contributed by atoms with E-state index in [4.69, 9.17) is 15.2 Å². The van der Waals surface area contributed by atoms with Gasteiger partial charge >= 0.3 is 0 Å². The molecule has 0 radical (unpaired) electrons. The summed E-state index contributed by atoms with van der Waals surface area (Å²) >= 11 is 0. The summed E-state index contributed by atoms with van der Waals surface area (Å²) in [6.45, 7) is 5.67. The second kappa shape index (κ2) is 12.2. The number of amides is 1. The van der Waals surface area contributed by atoms with Crippen molar-refractivity contribution in [3.63, 3.8) is 0 Å². The molecule has 1 aromatic rings. The summed E-state index contributed by atoms with van der Waals surface area (Å²) < 4.78 is 10.8. The molecular weight excluding hydrogens is 316 g/mol. The predicted octanol–water partition coefficient (Wildman–Crippen LogP) is 2.58. The van der Waals surface area contributed by atoms with Gasteiger partial charge < -0.3 is 20.5 Å². The van der Waals surface area contributed by atoms with Crippen molar-refractivity contribution in [1.29, 1.82) is 0 Å². The number of nitrogens with one attached hydrogen (secondary N) is 1. The molecule has 1 aromatic carbocycles. The lowest BCUT2D eigenvalue weighted by Gasteiger charge is -2.13. The number of nitrogens with two attached hydrogens (primary N) is 1. The second-order valence-corrected chi connectivity index (χ2v) is 5.60. The molecule has 23 heavy (non-hydrogen) atoms. The summed E-state index contributed by atoms with van der Waals surface area (Å²) in [6, 6.07) is 6.05. The number of carbonyl (C=O) groups excluding carboxylic acids is 1. The molecule has 1 atom stereocenters. The Labute approximate surface area is 145 Å². The van der Waals surface area contributed by atoms with Crippen LogP contribution in [0.4, 0.5) is 0 Å². The Balaban J connectivity index is 0.00000484. The third-order valence-electron chi connectivity index (χ3n) is 3.28. The van der Waals surface area contributed by atoms with E-state index in [1.165, 1.54) is 0 Å². The van der Waals surface area contributed by atoms with Crippen LogP contribution in [0, 0.1) is 6.92 Å². The molecular formula is C17H29ClN2O3. The molecule has 1 rings (SSSR count). The lowest BCUT2D eigenvalue weighted by Crippen LogP contribution is -2.25. The van der Waals surface area contributed by atoms with Crippen molar-refractivity contribution < 1.29 is 14.3 Å². The standard InChI is InChI=1S/C17H28N2O3.ClH/c1-13-5-7-15(12-19-17(20)8-6-14(2)18)16(11-13)22-10-4-9-21-3;/h5,7,11,14H,4,6,8-10,12,18H2,1-3H3,(H,19,20);1H. The van der Waals surface area contributed by atoms with E-state index < -0.39 is 0 Å². The van der Waals surface area contributed by atoms with Gasteiger partial charge in [-0.05, 0) is 31.9 Å². The molecule has 132 valence electrons. The Morgan fingerprint density at radius 1 is 1.35 bits per heavy atom. The molecule has 0 aliphatic rings. The van der Waals surface area contributed by atoms with Crippen molar-refractivity contribution in [3.8, 4) is 5.75 Å². The molecule has 6 heteroatoms. The number of aryl methyl sites for hydroxylation is 1. The largest absolute Gasteiger partial charge is 0.493 e. The summed E-state index contributed by atoms with van der Waals surface area (Å²) in [5.41, 5.74) is 7.77. The van der Waals surface area contributed by atoms with Crippen LogP contribution in [0.15, 0.2) is 18.2 Å². The van der Waals surface area contributed by atoms with Gasteiger partial charge in [0, 0.05) is 44.7 Å². The van der Waals surface area contributed by atoms with Crippen LogP contribution in [0.3, 0.4) is 0 Å². The van der Waals surface area contributed by atoms with Crippen LogP contribution in [-0.4, -0.2) is 32.3 Å². The second-order valence-electron chi connectivity index (χ2n) is 5.60. The average Bonchev–Trinajstić information content (AvgIpc) is 2.48. The number of halogens is 1. The first-order chi connectivity index (χ1) is 10.5. The lowest BCUT2D eigenvalue weighted by atomic mass is 10.1. The number of hydrogen-bond acceptors (Lipinski definition) is 4. The Kier molecular flexibility index (Phi) is 11.5. The molecule has 0 bridgehead atoms. The number of carbonyl (C=O) groups is 1. The Hall–Kier alpha value is -1.30. The van der Waals surface area contributed by atoms with Crippen molar-refractivity contribution in [2.24, 2.45) is 5.73 Å². The van der Waals surface area contributed by atoms with Gasteiger partial charge in [0.1, 0.15) is 5.75 Å². The molecule has 0 spiro atoms. The highest BCUT2D eigenvalue weighted by atomic mass is 35.5. The van der Waals surface area contributed by atoms with Gasteiger partial charge in [0.2, 0.25) is 5.91 Å². The van der Waals surface area contributed by atoms with Crippen molar-refractivity contribution >= 4 is 18.3 Å². The van der Waals surface area contributed by atoms with E-state index in [0.29, 0.717) is 32.6 Å². The first kappa shape index (κ1) is 21.7. The van der Waals surface area contributed by atoms with Crippen LogP contribution in [0.2, 0.25) is 0 Å². The zero-order chi connectivity index (χ0) is 16.4. The van der Waals surface area contributed by atoms with Crippen molar-refractivity contribution in [2.75, 3.05) is 20.3 Å². The average molecular weight is 345 g/mol. The number of methoxy groups -OCH3 is 1. The number of benzene rings is 1. The minimum Gasteiger partial charge on any atom is -0.493 e. The molecule has 0 fully saturated rings. The highest BCUT2D eigenvalue weighted by Crippen LogP contribution is 2.20. The zero-order valence-electron chi connectivity index (χ0n) is 14.3. The van der Waals surface area contributed by atoms with Crippen molar-refractivity contribution in [1.82, 2.24) is 5.32 Å². The van der Waals surface area contributed by atoms with Crippen LogP contribution < -0.4 is 15.8 Å². The van der Waals surface area contributed by atoms with E-state index in [2.05, 4.69) is 5.32 Å². The number of rotatable bonds is 10. The minimum absolute atomic E-state index is 0. The fraction of sp³-hybridized carbons (Fsp3) is 0.588. The summed E-state index contributed by atoms with van der Waals surface area (Å²) in [4.78, 5) is 11.8. The monoisotopic (exact) mass is 344 g/mol. The van der Waals surface area contributed by atoms with E-state index in [0.717, 1.165) is 23.3 Å². The maximum absolute atomic E-state index is 11.8. The first-order valence-corrected chi connectivity index (χ1v) is 7.76. The molecule has 0 heterocycles. The topological polar surface area (TPSA) is 73.6 Å². The predicted molar refractivity (Wildman–Crippen MR) is 95.1 cm³/mol. The van der Waals surface area contributed by atoms with E-state index in [1.54, 1.807) is 7.11 Å². The highest BCUT2D eigenvalue weighted by molar-refractivity contribution is 5.85. The molecule has 1 unspecified atom stereocenters. The smallest absolute Gasteiger partial charge is 0.220 e. The SMILES string of the molecule is COCCCOc1cc(C)ccc1CNC(=O)CCC(C)N.Cl. The van der Waals surface area contributed by atoms with E-state index >= 15 is 0 Å². The number of hydrogen-bond donors (Lipinski definition) is 2. The summed E-state index contributed by atoms with van der Waals surface area (Å²) in [7, 11) is 1.68. The van der Waals surface area contributed by atoms with Gasteiger partial charge in [-0.2, -0.15) is 0 Å². The Morgan fingerprint density at radius 2 is 2.09 bits per heavy atom. The third-order valence-corrected chi connectivity index (χ3v) is 3.28. The fourth-order valence-corrected chi connectivity index (χ4v) is 1.97. The molecule has 1 amide bonds. The van der Waals surface area contributed by atoms with Gasteiger partial charge in [-0.3, -0.25) is 4.79 Å². The molecule has 0 aliphatic heterocycles. The summed E-state index contributed by atoms with van der Waals surface area (Å²) in [5.74, 6) is 0.840. The Bertz CT molecular complexity index is 467. The van der Waals surface area contributed by atoms with Crippen LogP contribution >= 0.6 is 12.4 Å². The highest BCUT2D eigenvalue weighted by Gasteiger charge is 2.07. The Morgan fingerprint density at radius 3 is 2.74 bits per heavy atom. The van der Waals surface area contributed by atoms with Crippen LogP contribution in [0.1, 0.15) is 37.3 Å². The molecule has 0 saturated carbocycles. The zero-order valence-corrected chi connectivity index (χ0v) is 15.1. The van der Waals surface area contributed by atoms with Gasteiger partial charge in [0.25, 0.3) is 0 Å². The molecule has 5 nitrogen and oxygen atoms in total. The van der Waals surface area contributed by atoms with Crippen molar-refractivity contribution in [2.45, 2.75) is 45.7 Å². The van der Waals surface area contributed by atoms with Crippen LogP contribution in [0.25, 0.3) is 0 Å². The van der Waals surface area contributed by atoms with E-state index in [9.17, 15) is 4.79 Å². The maximum atomic E-state index is 11.8. The molecule has 0 aliphatic carbocycles. The first-order valence-electron chi connectivity index (χ1n) is 7.76. The van der Waals surface area contributed by atoms with Crippen LogP contribution in [-0.2, 0) is 16.1 Å².